The number of alkyl carbamates (subject to hydrolysis) is 1. The number of carbonyl (C=O) groups is 1. The van der Waals surface area contributed by atoms with Crippen molar-refractivity contribution in [2.75, 3.05) is 13.2 Å². The lowest BCUT2D eigenvalue weighted by atomic mass is 10.7. The lowest BCUT2D eigenvalue weighted by Crippen LogP contribution is -2.11. The van der Waals surface area contributed by atoms with E-state index < -0.39 is 10.4 Å². The van der Waals surface area contributed by atoms with Crippen LogP contribution in [0, 0.1) is 0 Å². The molecule has 0 unspecified atom stereocenters. The van der Waals surface area contributed by atoms with Crippen LogP contribution >= 0.6 is 0 Å². The summed E-state index contributed by atoms with van der Waals surface area (Å²) in [6.07, 6.45) is -0.296. The molecule has 8 heteroatoms. The number of amides is 1. The van der Waals surface area contributed by atoms with E-state index in [1.807, 2.05) is 0 Å². The molecule has 66 valence electrons. The van der Waals surface area contributed by atoms with Gasteiger partial charge in [0.25, 0.3) is 0 Å². The molecule has 0 radical (unpaired) electrons. The number of ether oxygens (including phenoxy) is 1. The minimum Gasteiger partial charge on any atom is -0.448 e. The summed E-state index contributed by atoms with van der Waals surface area (Å²) in [5.41, 5.74) is 0. The predicted octanol–water partition coefficient (Wildman–Crippen LogP) is -0.927. The van der Waals surface area contributed by atoms with Gasteiger partial charge in [-0.2, -0.15) is 8.42 Å². The van der Waals surface area contributed by atoms with Gasteiger partial charge >= 0.3 is 16.5 Å². The zero-order chi connectivity index (χ0) is 8.91. The fraction of sp³-hybridized carbons (Fsp3) is 0.667. The van der Waals surface area contributed by atoms with Crippen LogP contribution in [-0.4, -0.2) is 36.8 Å². The summed E-state index contributed by atoms with van der Waals surface area (Å²) in [6.45, 7) is 1.19. The summed E-state index contributed by atoms with van der Waals surface area (Å²) >= 11 is 0. The van der Waals surface area contributed by atoms with Gasteiger partial charge in [0.1, 0.15) is 6.61 Å². The first-order valence-electron chi connectivity index (χ1n) is 2.50. The van der Waals surface area contributed by atoms with E-state index in [1.54, 1.807) is 0 Å². The van der Waals surface area contributed by atoms with Crippen LogP contribution in [0.15, 0.2) is 0 Å². The second-order valence-electron chi connectivity index (χ2n) is 1.51. The molecule has 7 nitrogen and oxygen atoms in total. The Morgan fingerprint density at radius 1 is 1.45 bits per heavy atom. The summed E-state index contributed by atoms with van der Waals surface area (Å²) in [5.74, 6) is 0. The molecule has 0 aromatic rings. The van der Waals surface area contributed by atoms with Crippen LogP contribution in [0.25, 0.3) is 0 Å². The third-order valence-corrected chi connectivity index (χ3v) is 0.605. The second-order valence-corrected chi connectivity index (χ2v) is 2.41. The Labute approximate surface area is 62.9 Å². The van der Waals surface area contributed by atoms with Crippen LogP contribution in [0.1, 0.15) is 0 Å². The second kappa shape index (κ2) is 4.11. The number of cyclic esters (lactones) is 1. The van der Waals surface area contributed by atoms with Crippen molar-refractivity contribution < 1.29 is 27.1 Å². The molecule has 1 heterocycles. The minimum absolute atomic E-state index is 0.296. The van der Waals surface area contributed by atoms with Gasteiger partial charge in [-0.05, 0) is 0 Å². The van der Waals surface area contributed by atoms with Crippen LogP contribution in [0.3, 0.4) is 0 Å². The molecule has 11 heavy (non-hydrogen) atoms. The molecule has 0 aliphatic carbocycles. The maximum atomic E-state index is 9.91. The number of nitrogens with one attached hydrogen (secondary N) is 1. The van der Waals surface area contributed by atoms with Crippen LogP contribution < -0.4 is 5.32 Å². The number of hydrogen-bond acceptors (Lipinski definition) is 4. The van der Waals surface area contributed by atoms with E-state index in [4.69, 9.17) is 17.5 Å². The molecule has 0 atom stereocenters. The van der Waals surface area contributed by atoms with Crippen molar-refractivity contribution in [2.24, 2.45) is 0 Å². The normalized spacial score (nSPS) is 16.0. The van der Waals surface area contributed by atoms with Crippen molar-refractivity contribution in [1.29, 1.82) is 0 Å². The van der Waals surface area contributed by atoms with Gasteiger partial charge in [0.2, 0.25) is 0 Å². The van der Waals surface area contributed by atoms with Crippen molar-refractivity contribution in [3.8, 4) is 0 Å². The van der Waals surface area contributed by atoms with Crippen LogP contribution in [0.5, 0.6) is 0 Å². The summed E-state index contributed by atoms with van der Waals surface area (Å²) in [5, 5.41) is 2.46. The van der Waals surface area contributed by atoms with Crippen molar-refractivity contribution >= 4 is 16.5 Å². The summed E-state index contributed by atoms with van der Waals surface area (Å²) in [4.78, 5) is 9.91. The van der Waals surface area contributed by atoms with Crippen molar-refractivity contribution in [3.63, 3.8) is 0 Å². The third kappa shape index (κ3) is 12.4. The van der Waals surface area contributed by atoms with Crippen molar-refractivity contribution in [2.45, 2.75) is 0 Å². The Morgan fingerprint density at radius 3 is 2.00 bits per heavy atom. The average Bonchev–Trinajstić information content (AvgIpc) is 2.12. The van der Waals surface area contributed by atoms with E-state index in [2.05, 4.69) is 10.1 Å². The first-order valence-corrected chi connectivity index (χ1v) is 3.90. The number of rotatable bonds is 0. The van der Waals surface area contributed by atoms with Crippen LogP contribution in [-0.2, 0) is 15.1 Å². The fourth-order valence-electron chi connectivity index (χ4n) is 0.348. The summed E-state index contributed by atoms with van der Waals surface area (Å²) < 4.78 is 36.0. The molecule has 0 bridgehead atoms. The highest BCUT2D eigenvalue weighted by Gasteiger charge is 2.06. The first-order chi connectivity index (χ1) is 4.89. The standard InChI is InChI=1S/C3H5NO2.H2O4S/c5-3-4-1-2-6-3;1-5(2,3)4/h1-2H2,(H,4,5);(H2,1,2,3,4). The zero-order valence-electron chi connectivity index (χ0n) is 5.35. The van der Waals surface area contributed by atoms with E-state index in [1.165, 1.54) is 0 Å². The van der Waals surface area contributed by atoms with Crippen molar-refractivity contribution in [1.82, 2.24) is 5.32 Å². The largest absolute Gasteiger partial charge is 0.448 e. The first kappa shape index (κ1) is 10.1. The molecule has 3 N–H and O–H groups in total. The molecule has 1 aliphatic heterocycles. The van der Waals surface area contributed by atoms with Gasteiger partial charge in [-0.3, -0.25) is 9.11 Å². The summed E-state index contributed by atoms with van der Waals surface area (Å²) in [7, 11) is -4.67. The van der Waals surface area contributed by atoms with Gasteiger partial charge in [-0.25, -0.2) is 4.79 Å². The maximum Gasteiger partial charge on any atom is 0.407 e. The summed E-state index contributed by atoms with van der Waals surface area (Å²) in [6, 6.07) is 0. The van der Waals surface area contributed by atoms with E-state index in [9.17, 15) is 4.79 Å². The Bertz CT molecular complexity index is 204. The van der Waals surface area contributed by atoms with Crippen molar-refractivity contribution in [3.05, 3.63) is 0 Å². The van der Waals surface area contributed by atoms with Crippen LogP contribution in [0.4, 0.5) is 4.79 Å². The maximum absolute atomic E-state index is 9.91. The molecule has 1 saturated heterocycles. The lowest BCUT2D eigenvalue weighted by molar-refractivity contribution is 0.178. The van der Waals surface area contributed by atoms with E-state index in [-0.39, 0.29) is 6.09 Å². The topological polar surface area (TPSA) is 113 Å². The van der Waals surface area contributed by atoms with Gasteiger partial charge in [-0.15, -0.1) is 0 Å². The van der Waals surface area contributed by atoms with Gasteiger partial charge < -0.3 is 10.1 Å². The van der Waals surface area contributed by atoms with Gasteiger partial charge in [0, 0.05) is 0 Å². The molecule has 0 aromatic carbocycles. The molecule has 0 aromatic heterocycles. The third-order valence-electron chi connectivity index (χ3n) is 0.605. The van der Waals surface area contributed by atoms with Gasteiger partial charge in [-0.1, -0.05) is 0 Å². The van der Waals surface area contributed by atoms with E-state index in [0.717, 1.165) is 0 Å². The lowest BCUT2D eigenvalue weighted by Gasteiger charge is -1.80. The monoisotopic (exact) mass is 185 g/mol. The number of hydrogen-bond donors (Lipinski definition) is 3. The predicted molar refractivity (Wildman–Crippen MR) is 33.5 cm³/mol. The van der Waals surface area contributed by atoms with Crippen LogP contribution in [0.2, 0.25) is 0 Å². The highest BCUT2D eigenvalue weighted by Crippen LogP contribution is 1.82. The highest BCUT2D eigenvalue weighted by atomic mass is 32.3. The minimum atomic E-state index is -4.67. The molecule has 0 spiro atoms. The quantitative estimate of drug-likeness (QED) is 0.420. The Kier molecular flexibility index (Phi) is 3.79. The molecule has 1 rings (SSSR count). The molecule has 1 fully saturated rings. The zero-order valence-corrected chi connectivity index (χ0v) is 6.17. The van der Waals surface area contributed by atoms with E-state index in [0.29, 0.717) is 13.2 Å². The Balaban J connectivity index is 0.000000187. The SMILES string of the molecule is O=C1NCCO1.O=S(=O)(O)O. The molecule has 0 saturated carbocycles. The average molecular weight is 185 g/mol. The number of carbonyl (C=O) groups excluding carboxylic acids is 1. The van der Waals surface area contributed by atoms with Gasteiger partial charge in [0.05, 0.1) is 6.54 Å². The van der Waals surface area contributed by atoms with Gasteiger partial charge in [0.15, 0.2) is 0 Å². The highest BCUT2D eigenvalue weighted by molar-refractivity contribution is 7.79. The smallest absolute Gasteiger partial charge is 0.407 e. The molecule has 1 aliphatic rings. The fourth-order valence-corrected chi connectivity index (χ4v) is 0.348. The molecule has 1 amide bonds. The molecular formula is C3H7NO6S. The molecular weight excluding hydrogens is 178 g/mol. The Morgan fingerprint density at radius 2 is 1.91 bits per heavy atom. The Hall–Kier alpha value is -0.860. The van der Waals surface area contributed by atoms with E-state index >= 15 is 0 Å².